The Morgan fingerprint density at radius 2 is 2.19 bits per heavy atom. The van der Waals surface area contributed by atoms with E-state index in [1.807, 2.05) is 12.1 Å². The van der Waals surface area contributed by atoms with E-state index < -0.39 is 6.10 Å². The Morgan fingerprint density at radius 1 is 1.38 bits per heavy atom. The average molecular weight is 294 g/mol. The van der Waals surface area contributed by atoms with E-state index in [1.54, 1.807) is 13.3 Å². The number of rotatable bonds is 8. The van der Waals surface area contributed by atoms with E-state index in [1.165, 1.54) is 19.3 Å². The highest BCUT2D eigenvalue weighted by molar-refractivity contribution is 5.20. The van der Waals surface area contributed by atoms with Crippen LogP contribution in [0.15, 0.2) is 18.3 Å². The minimum Gasteiger partial charge on any atom is -0.481 e. The van der Waals surface area contributed by atoms with E-state index in [2.05, 4.69) is 10.3 Å². The van der Waals surface area contributed by atoms with E-state index in [9.17, 15) is 5.11 Å². The molecule has 1 aliphatic carbocycles. The number of nitrogens with zero attached hydrogens (tertiary/aromatic N) is 1. The van der Waals surface area contributed by atoms with Crippen LogP contribution in [-0.4, -0.2) is 42.6 Å². The van der Waals surface area contributed by atoms with Crippen LogP contribution in [0.3, 0.4) is 0 Å². The van der Waals surface area contributed by atoms with Crippen molar-refractivity contribution < 1.29 is 14.6 Å². The topological polar surface area (TPSA) is 63.6 Å². The van der Waals surface area contributed by atoms with Gasteiger partial charge in [0, 0.05) is 25.4 Å². The van der Waals surface area contributed by atoms with E-state index in [4.69, 9.17) is 9.47 Å². The molecule has 1 aromatic rings. The lowest BCUT2D eigenvalue weighted by Gasteiger charge is -2.23. The van der Waals surface area contributed by atoms with Gasteiger partial charge in [-0.3, -0.25) is 0 Å². The lowest BCUT2D eigenvalue weighted by molar-refractivity contribution is -0.0230. The molecule has 1 heterocycles. The van der Waals surface area contributed by atoms with E-state index in [0.29, 0.717) is 31.7 Å². The van der Waals surface area contributed by atoms with Gasteiger partial charge in [0.25, 0.3) is 0 Å². The molecule has 1 saturated carbocycles. The molecule has 21 heavy (non-hydrogen) atoms. The maximum absolute atomic E-state index is 9.93. The molecule has 5 nitrogen and oxygen atoms in total. The quantitative estimate of drug-likeness (QED) is 0.766. The summed E-state index contributed by atoms with van der Waals surface area (Å²) in [6.45, 7) is 1.62. The minimum atomic E-state index is -0.462. The lowest BCUT2D eigenvalue weighted by Crippen LogP contribution is -2.32. The number of hydrogen-bond donors (Lipinski definition) is 2. The summed E-state index contributed by atoms with van der Waals surface area (Å²) in [4.78, 5) is 4.06. The van der Waals surface area contributed by atoms with E-state index >= 15 is 0 Å². The largest absolute Gasteiger partial charge is 0.481 e. The number of aliphatic hydroxyl groups is 1. The summed E-state index contributed by atoms with van der Waals surface area (Å²) in [6, 6.07) is 3.82. The summed E-state index contributed by atoms with van der Waals surface area (Å²) in [5.41, 5.74) is 1.09. The van der Waals surface area contributed by atoms with E-state index in [0.717, 1.165) is 18.4 Å². The minimum absolute atomic E-state index is 0.345. The third-order valence-corrected chi connectivity index (χ3v) is 3.79. The molecule has 2 N–H and O–H groups in total. The molecule has 0 bridgehead atoms. The third kappa shape index (κ3) is 5.99. The molecule has 0 radical (unpaired) electrons. The number of pyridine rings is 1. The Labute approximate surface area is 126 Å². The first-order valence-electron chi connectivity index (χ1n) is 7.77. The fraction of sp³-hybridized carbons (Fsp3) is 0.688. The molecule has 0 spiro atoms. The van der Waals surface area contributed by atoms with Crippen molar-refractivity contribution in [2.24, 2.45) is 0 Å². The molecule has 1 fully saturated rings. The normalized spacial score (nSPS) is 17.6. The third-order valence-electron chi connectivity index (χ3n) is 3.79. The molecular formula is C16H26N2O3. The standard InChI is InChI=1S/C16H26N2O3/c1-20-16-9-13(7-8-18-16)10-17-11-14(19)12-21-15-5-3-2-4-6-15/h7-9,14-15,17,19H,2-6,10-12H2,1H3. The number of methoxy groups -OCH3 is 1. The molecule has 0 aliphatic heterocycles. The van der Waals surface area contributed by atoms with Crippen molar-refractivity contribution in [1.82, 2.24) is 10.3 Å². The van der Waals surface area contributed by atoms with Crippen molar-refractivity contribution in [2.45, 2.75) is 50.9 Å². The molecule has 0 saturated heterocycles. The zero-order valence-corrected chi connectivity index (χ0v) is 12.8. The lowest BCUT2D eigenvalue weighted by atomic mass is 9.98. The second-order valence-corrected chi connectivity index (χ2v) is 5.58. The molecule has 1 aliphatic rings. The first kappa shape index (κ1) is 16.2. The Bertz CT molecular complexity index is 408. The van der Waals surface area contributed by atoms with Gasteiger partial charge in [0.15, 0.2) is 0 Å². The predicted octanol–water partition coefficient (Wildman–Crippen LogP) is 1.89. The van der Waals surface area contributed by atoms with Crippen molar-refractivity contribution in [2.75, 3.05) is 20.3 Å². The number of aromatic nitrogens is 1. The summed E-state index contributed by atoms with van der Waals surface area (Å²) in [7, 11) is 1.60. The fourth-order valence-electron chi connectivity index (χ4n) is 2.59. The van der Waals surface area contributed by atoms with Crippen molar-refractivity contribution in [1.29, 1.82) is 0 Å². The summed E-state index contributed by atoms with van der Waals surface area (Å²) in [6.07, 6.45) is 7.70. The highest BCUT2D eigenvalue weighted by Gasteiger charge is 2.15. The zero-order chi connectivity index (χ0) is 14.9. The van der Waals surface area contributed by atoms with Gasteiger partial charge < -0.3 is 19.9 Å². The number of ether oxygens (including phenoxy) is 2. The monoisotopic (exact) mass is 294 g/mol. The highest BCUT2D eigenvalue weighted by Crippen LogP contribution is 2.20. The Hall–Kier alpha value is -1.17. The molecule has 0 amide bonds. The Kier molecular flexibility index (Phi) is 6.92. The van der Waals surface area contributed by atoms with Gasteiger partial charge in [-0.2, -0.15) is 0 Å². The van der Waals surface area contributed by atoms with Crippen molar-refractivity contribution in [3.8, 4) is 5.88 Å². The Balaban J connectivity index is 1.60. The molecular weight excluding hydrogens is 268 g/mol. The van der Waals surface area contributed by atoms with Gasteiger partial charge in [-0.15, -0.1) is 0 Å². The molecule has 118 valence electrons. The van der Waals surface area contributed by atoms with Crippen LogP contribution in [0.4, 0.5) is 0 Å². The van der Waals surface area contributed by atoms with Crippen molar-refractivity contribution >= 4 is 0 Å². The van der Waals surface area contributed by atoms with Gasteiger partial charge in [-0.05, 0) is 24.5 Å². The van der Waals surface area contributed by atoms with Crippen LogP contribution in [0.5, 0.6) is 5.88 Å². The van der Waals surface area contributed by atoms with E-state index in [-0.39, 0.29) is 0 Å². The fourth-order valence-corrected chi connectivity index (χ4v) is 2.59. The number of hydrogen-bond acceptors (Lipinski definition) is 5. The smallest absolute Gasteiger partial charge is 0.213 e. The summed E-state index contributed by atoms with van der Waals surface area (Å²) in [5, 5.41) is 13.2. The van der Waals surface area contributed by atoms with Crippen molar-refractivity contribution in [3.05, 3.63) is 23.9 Å². The maximum Gasteiger partial charge on any atom is 0.213 e. The van der Waals surface area contributed by atoms with Gasteiger partial charge in [0.05, 0.1) is 25.9 Å². The molecule has 1 aromatic heterocycles. The van der Waals surface area contributed by atoms with Gasteiger partial charge in [-0.25, -0.2) is 4.98 Å². The second-order valence-electron chi connectivity index (χ2n) is 5.58. The SMILES string of the molecule is COc1cc(CNCC(O)COC2CCCCC2)ccn1. The predicted molar refractivity (Wildman–Crippen MR) is 81.3 cm³/mol. The molecule has 1 unspecified atom stereocenters. The first-order valence-corrected chi connectivity index (χ1v) is 7.77. The second kappa shape index (κ2) is 8.97. The number of nitrogens with one attached hydrogen (secondary N) is 1. The van der Waals surface area contributed by atoms with Gasteiger partial charge in [-0.1, -0.05) is 19.3 Å². The highest BCUT2D eigenvalue weighted by atomic mass is 16.5. The number of aliphatic hydroxyl groups excluding tert-OH is 1. The zero-order valence-electron chi connectivity index (χ0n) is 12.8. The van der Waals surface area contributed by atoms with Gasteiger partial charge >= 0.3 is 0 Å². The maximum atomic E-state index is 9.93. The van der Waals surface area contributed by atoms with Crippen LogP contribution in [0.1, 0.15) is 37.7 Å². The van der Waals surface area contributed by atoms with Crippen LogP contribution < -0.4 is 10.1 Å². The van der Waals surface area contributed by atoms with Crippen LogP contribution in [0, 0.1) is 0 Å². The molecule has 0 aromatic carbocycles. The molecule has 5 heteroatoms. The summed E-state index contributed by atoms with van der Waals surface area (Å²) >= 11 is 0. The summed E-state index contributed by atoms with van der Waals surface area (Å²) in [5.74, 6) is 0.607. The molecule has 2 rings (SSSR count). The Morgan fingerprint density at radius 3 is 2.95 bits per heavy atom. The summed E-state index contributed by atoms with van der Waals surface area (Å²) < 4.78 is 10.8. The first-order chi connectivity index (χ1) is 10.3. The average Bonchev–Trinajstić information content (AvgIpc) is 2.54. The van der Waals surface area contributed by atoms with Gasteiger partial charge in [0.1, 0.15) is 0 Å². The van der Waals surface area contributed by atoms with Crippen molar-refractivity contribution in [3.63, 3.8) is 0 Å². The van der Waals surface area contributed by atoms with Crippen LogP contribution in [0.25, 0.3) is 0 Å². The van der Waals surface area contributed by atoms with Crippen LogP contribution in [-0.2, 0) is 11.3 Å². The van der Waals surface area contributed by atoms with Gasteiger partial charge in [0.2, 0.25) is 5.88 Å². The van der Waals surface area contributed by atoms with Crippen LogP contribution in [0.2, 0.25) is 0 Å². The molecule has 1 atom stereocenters. The van der Waals surface area contributed by atoms with Crippen LogP contribution >= 0.6 is 0 Å².